The molecule has 18 heavy (non-hydrogen) atoms. The minimum Gasteiger partial charge on any atom is -0.381 e. The summed E-state index contributed by atoms with van der Waals surface area (Å²) in [5.74, 6) is 0. The van der Waals surface area contributed by atoms with Gasteiger partial charge in [-0.05, 0) is 35.7 Å². The zero-order valence-corrected chi connectivity index (χ0v) is 11.0. The first-order valence-corrected chi connectivity index (χ1v) is 6.14. The second-order valence-electron chi connectivity index (χ2n) is 4.37. The molecular weight excluding hydrogens is 244 g/mol. The topological polar surface area (TPSA) is 20.2 Å². The summed E-state index contributed by atoms with van der Waals surface area (Å²) in [6.45, 7) is 5.56. The fraction of sp³-hybridized carbons (Fsp3) is 0.125. The molecule has 0 aromatic heterocycles. The molecule has 2 rings (SSSR count). The molecule has 2 heteroatoms. The van der Waals surface area contributed by atoms with Crippen LogP contribution in [0.25, 0.3) is 6.08 Å². The minimum atomic E-state index is -1.06. The second kappa shape index (κ2) is 4.97. The lowest BCUT2D eigenvalue weighted by molar-refractivity contribution is 0.102. The molecule has 0 saturated carbocycles. The van der Waals surface area contributed by atoms with Gasteiger partial charge in [0.15, 0.2) is 0 Å². The molecule has 0 heterocycles. The van der Waals surface area contributed by atoms with Crippen LogP contribution >= 0.6 is 11.6 Å². The molecule has 0 saturated heterocycles. The highest BCUT2D eigenvalue weighted by atomic mass is 35.5. The third-order valence-corrected chi connectivity index (χ3v) is 3.36. The van der Waals surface area contributed by atoms with Crippen LogP contribution in [-0.4, -0.2) is 5.11 Å². The number of rotatable bonds is 3. The maximum absolute atomic E-state index is 10.8. The van der Waals surface area contributed by atoms with Crippen molar-refractivity contribution < 1.29 is 5.11 Å². The van der Waals surface area contributed by atoms with Gasteiger partial charge in [-0.25, -0.2) is 0 Å². The number of hydrogen-bond donors (Lipinski definition) is 1. The number of hydrogen-bond acceptors (Lipinski definition) is 1. The maximum atomic E-state index is 10.8. The van der Waals surface area contributed by atoms with Gasteiger partial charge in [0, 0.05) is 5.02 Å². The van der Waals surface area contributed by atoms with Crippen molar-refractivity contribution in [3.63, 3.8) is 0 Å². The summed E-state index contributed by atoms with van der Waals surface area (Å²) in [6.07, 6.45) is 1.75. The largest absolute Gasteiger partial charge is 0.381 e. The van der Waals surface area contributed by atoms with E-state index in [1.54, 1.807) is 25.1 Å². The molecule has 0 bridgehead atoms. The Hall–Kier alpha value is -1.57. The van der Waals surface area contributed by atoms with Crippen molar-refractivity contribution in [3.8, 4) is 0 Å². The van der Waals surface area contributed by atoms with Gasteiger partial charge < -0.3 is 5.11 Å². The first-order chi connectivity index (χ1) is 8.55. The lowest BCUT2D eigenvalue weighted by Gasteiger charge is -2.26. The van der Waals surface area contributed by atoms with Gasteiger partial charge in [0.2, 0.25) is 0 Å². The molecular formula is C16H15ClO. The molecule has 2 aromatic carbocycles. The van der Waals surface area contributed by atoms with Gasteiger partial charge in [-0.3, -0.25) is 0 Å². The molecule has 2 aromatic rings. The SMILES string of the molecule is C=Cc1ccccc1C(C)(O)c1ccc(Cl)cc1. The Kier molecular flexibility index (Phi) is 3.55. The Balaban J connectivity index is 2.53. The average Bonchev–Trinajstić information content (AvgIpc) is 2.39. The Morgan fingerprint density at radius 1 is 1.11 bits per heavy atom. The minimum absolute atomic E-state index is 0.659. The molecule has 0 aliphatic rings. The summed E-state index contributed by atoms with van der Waals surface area (Å²) in [7, 11) is 0. The number of aliphatic hydroxyl groups is 1. The van der Waals surface area contributed by atoms with Crippen molar-refractivity contribution in [2.45, 2.75) is 12.5 Å². The van der Waals surface area contributed by atoms with E-state index < -0.39 is 5.60 Å². The molecule has 92 valence electrons. The first-order valence-electron chi connectivity index (χ1n) is 5.76. The van der Waals surface area contributed by atoms with Gasteiger partial charge in [0.25, 0.3) is 0 Å². The predicted octanol–water partition coefficient (Wildman–Crippen LogP) is 4.24. The molecule has 1 nitrogen and oxygen atoms in total. The summed E-state index contributed by atoms with van der Waals surface area (Å²) in [5.41, 5.74) is 1.51. The number of benzene rings is 2. The third-order valence-electron chi connectivity index (χ3n) is 3.11. The maximum Gasteiger partial charge on any atom is 0.112 e. The summed E-state index contributed by atoms with van der Waals surface area (Å²) < 4.78 is 0. The van der Waals surface area contributed by atoms with E-state index in [9.17, 15) is 5.11 Å². The van der Waals surface area contributed by atoms with E-state index in [-0.39, 0.29) is 0 Å². The summed E-state index contributed by atoms with van der Waals surface area (Å²) in [5, 5.41) is 11.4. The molecule has 0 fully saturated rings. The van der Waals surface area contributed by atoms with Crippen LogP contribution in [0.1, 0.15) is 23.6 Å². The van der Waals surface area contributed by atoms with Gasteiger partial charge in [-0.1, -0.05) is 60.7 Å². The van der Waals surface area contributed by atoms with Gasteiger partial charge in [-0.2, -0.15) is 0 Å². The van der Waals surface area contributed by atoms with E-state index in [1.165, 1.54) is 0 Å². The average molecular weight is 259 g/mol. The lowest BCUT2D eigenvalue weighted by atomic mass is 9.85. The Labute approximate surface area is 112 Å². The Bertz CT molecular complexity index is 556. The van der Waals surface area contributed by atoms with E-state index in [2.05, 4.69) is 6.58 Å². The van der Waals surface area contributed by atoms with Crippen LogP contribution in [0.2, 0.25) is 5.02 Å². The van der Waals surface area contributed by atoms with E-state index in [4.69, 9.17) is 11.6 Å². The van der Waals surface area contributed by atoms with Crippen LogP contribution in [-0.2, 0) is 5.60 Å². The summed E-state index contributed by atoms with van der Waals surface area (Å²) in [4.78, 5) is 0. The Morgan fingerprint density at radius 3 is 2.33 bits per heavy atom. The molecule has 0 aliphatic carbocycles. The van der Waals surface area contributed by atoms with Crippen molar-refractivity contribution in [2.75, 3.05) is 0 Å². The van der Waals surface area contributed by atoms with E-state index in [1.807, 2.05) is 36.4 Å². The molecule has 0 spiro atoms. The van der Waals surface area contributed by atoms with E-state index in [0.717, 1.165) is 16.7 Å². The molecule has 1 atom stereocenters. The van der Waals surface area contributed by atoms with Crippen LogP contribution in [0.5, 0.6) is 0 Å². The van der Waals surface area contributed by atoms with Gasteiger partial charge in [0.05, 0.1) is 0 Å². The van der Waals surface area contributed by atoms with Crippen molar-refractivity contribution in [1.82, 2.24) is 0 Å². The zero-order chi connectivity index (χ0) is 13.2. The fourth-order valence-electron chi connectivity index (χ4n) is 2.05. The molecule has 0 radical (unpaired) electrons. The molecule has 0 amide bonds. The monoisotopic (exact) mass is 258 g/mol. The highest BCUT2D eigenvalue weighted by Gasteiger charge is 2.27. The van der Waals surface area contributed by atoms with Crippen molar-refractivity contribution in [1.29, 1.82) is 0 Å². The van der Waals surface area contributed by atoms with Crippen LogP contribution in [0.4, 0.5) is 0 Å². The van der Waals surface area contributed by atoms with E-state index >= 15 is 0 Å². The fourth-order valence-corrected chi connectivity index (χ4v) is 2.17. The van der Waals surface area contributed by atoms with Gasteiger partial charge in [0.1, 0.15) is 5.60 Å². The summed E-state index contributed by atoms with van der Waals surface area (Å²) in [6, 6.07) is 14.9. The smallest absolute Gasteiger partial charge is 0.112 e. The quantitative estimate of drug-likeness (QED) is 0.873. The van der Waals surface area contributed by atoms with Crippen LogP contribution < -0.4 is 0 Å². The normalized spacial score (nSPS) is 13.9. The molecule has 1 unspecified atom stereocenters. The Morgan fingerprint density at radius 2 is 1.72 bits per heavy atom. The summed E-state index contributed by atoms with van der Waals surface area (Å²) >= 11 is 5.87. The molecule has 1 N–H and O–H groups in total. The standard InChI is InChI=1S/C16H15ClO/c1-3-12-6-4-5-7-15(12)16(2,18)13-8-10-14(17)11-9-13/h3-11,18H,1H2,2H3. The van der Waals surface area contributed by atoms with E-state index in [0.29, 0.717) is 5.02 Å². The highest BCUT2D eigenvalue weighted by Crippen LogP contribution is 2.32. The second-order valence-corrected chi connectivity index (χ2v) is 4.81. The van der Waals surface area contributed by atoms with Gasteiger partial charge >= 0.3 is 0 Å². The predicted molar refractivity (Wildman–Crippen MR) is 76.7 cm³/mol. The molecule has 0 aliphatic heterocycles. The number of halogens is 1. The van der Waals surface area contributed by atoms with Crippen LogP contribution in [0.3, 0.4) is 0 Å². The lowest BCUT2D eigenvalue weighted by Crippen LogP contribution is -2.23. The van der Waals surface area contributed by atoms with Crippen molar-refractivity contribution in [2.24, 2.45) is 0 Å². The first kappa shape index (κ1) is 12.9. The third kappa shape index (κ3) is 2.33. The van der Waals surface area contributed by atoms with Crippen LogP contribution in [0.15, 0.2) is 55.1 Å². The van der Waals surface area contributed by atoms with Gasteiger partial charge in [-0.15, -0.1) is 0 Å². The van der Waals surface area contributed by atoms with Crippen molar-refractivity contribution in [3.05, 3.63) is 76.8 Å². The highest BCUT2D eigenvalue weighted by molar-refractivity contribution is 6.30. The zero-order valence-electron chi connectivity index (χ0n) is 10.2. The van der Waals surface area contributed by atoms with Crippen LogP contribution in [0, 0.1) is 0 Å². The van der Waals surface area contributed by atoms with Crippen molar-refractivity contribution >= 4 is 17.7 Å².